The van der Waals surface area contributed by atoms with Gasteiger partial charge in [0.05, 0.1) is 10.7 Å². The van der Waals surface area contributed by atoms with Crippen molar-refractivity contribution >= 4 is 29.1 Å². The molecule has 0 aliphatic carbocycles. The molecule has 0 unspecified atom stereocenters. The summed E-state index contributed by atoms with van der Waals surface area (Å²) in [6.45, 7) is 4.23. The largest absolute Gasteiger partial charge is 0.350 e. The number of benzene rings is 2. The van der Waals surface area contributed by atoms with Gasteiger partial charge < -0.3 is 10.6 Å². The van der Waals surface area contributed by atoms with E-state index in [0.717, 1.165) is 16.7 Å². The summed E-state index contributed by atoms with van der Waals surface area (Å²) in [6, 6.07) is 11.4. The third-order valence-electron chi connectivity index (χ3n) is 3.92. The van der Waals surface area contributed by atoms with Gasteiger partial charge in [0.1, 0.15) is 11.5 Å². The Hall–Kier alpha value is -2.99. The van der Waals surface area contributed by atoms with Crippen LogP contribution in [0.5, 0.6) is 0 Å². The van der Waals surface area contributed by atoms with Crippen LogP contribution in [0, 0.1) is 19.7 Å². The maximum atomic E-state index is 13.0. The molecule has 0 aliphatic rings. The van der Waals surface area contributed by atoms with Crippen molar-refractivity contribution < 1.29 is 9.18 Å². The van der Waals surface area contributed by atoms with Crippen LogP contribution in [0.4, 0.5) is 16.0 Å². The molecule has 3 aromatic rings. The third-order valence-corrected chi connectivity index (χ3v) is 4.22. The zero-order valence-corrected chi connectivity index (χ0v) is 15.6. The zero-order valence-electron chi connectivity index (χ0n) is 14.9. The summed E-state index contributed by atoms with van der Waals surface area (Å²) in [5.74, 6) is -0.367. The first-order valence-electron chi connectivity index (χ1n) is 8.32. The van der Waals surface area contributed by atoms with Gasteiger partial charge in [-0.1, -0.05) is 29.8 Å². The Balaban J connectivity index is 1.71. The van der Waals surface area contributed by atoms with Crippen LogP contribution in [0.1, 0.15) is 27.2 Å². The standard InChI is InChI=1S/C20H18ClFN4O/c1-12-9-13(2)18(16(21)10-12)26-19(27)17-7-8-23-20(25-17)24-11-14-3-5-15(22)6-4-14/h3-10H,11H2,1-2H3,(H,26,27)(H,23,24,25). The lowest BCUT2D eigenvalue weighted by atomic mass is 10.1. The van der Waals surface area contributed by atoms with E-state index in [9.17, 15) is 9.18 Å². The van der Waals surface area contributed by atoms with Crippen LogP contribution in [0.3, 0.4) is 0 Å². The van der Waals surface area contributed by atoms with Gasteiger partial charge in [-0.25, -0.2) is 14.4 Å². The lowest BCUT2D eigenvalue weighted by molar-refractivity contribution is 0.102. The second-order valence-corrected chi connectivity index (χ2v) is 6.55. The van der Waals surface area contributed by atoms with Crippen molar-refractivity contribution in [3.8, 4) is 0 Å². The lowest BCUT2D eigenvalue weighted by Gasteiger charge is -2.12. The normalized spacial score (nSPS) is 10.5. The van der Waals surface area contributed by atoms with Gasteiger partial charge in [0.2, 0.25) is 5.95 Å². The molecule has 27 heavy (non-hydrogen) atoms. The van der Waals surface area contributed by atoms with Gasteiger partial charge in [0.15, 0.2) is 0 Å². The molecule has 0 spiro atoms. The second-order valence-electron chi connectivity index (χ2n) is 6.14. The predicted molar refractivity (Wildman–Crippen MR) is 105 cm³/mol. The molecular formula is C20H18ClFN4O. The Morgan fingerprint density at radius 1 is 1.15 bits per heavy atom. The Labute approximate surface area is 161 Å². The molecule has 0 saturated carbocycles. The quantitative estimate of drug-likeness (QED) is 0.666. The van der Waals surface area contributed by atoms with Crippen molar-refractivity contribution in [2.45, 2.75) is 20.4 Å². The molecule has 1 aromatic heterocycles. The first-order valence-corrected chi connectivity index (χ1v) is 8.69. The number of hydrogen-bond acceptors (Lipinski definition) is 4. The molecule has 7 heteroatoms. The molecule has 1 amide bonds. The van der Waals surface area contributed by atoms with E-state index in [1.807, 2.05) is 19.9 Å². The maximum absolute atomic E-state index is 13.0. The van der Waals surface area contributed by atoms with Gasteiger partial charge in [-0.15, -0.1) is 0 Å². The van der Waals surface area contributed by atoms with Crippen molar-refractivity contribution in [2.24, 2.45) is 0 Å². The minimum atomic E-state index is -0.379. The zero-order chi connectivity index (χ0) is 19.4. The van der Waals surface area contributed by atoms with E-state index in [2.05, 4.69) is 20.6 Å². The molecule has 0 atom stereocenters. The molecule has 3 rings (SSSR count). The van der Waals surface area contributed by atoms with Gasteiger partial charge >= 0.3 is 0 Å². The second kappa shape index (κ2) is 8.14. The molecule has 138 valence electrons. The predicted octanol–water partition coefficient (Wildman–Crippen LogP) is 4.75. The third kappa shape index (κ3) is 4.80. The summed E-state index contributed by atoms with van der Waals surface area (Å²) >= 11 is 6.24. The van der Waals surface area contributed by atoms with E-state index in [4.69, 9.17) is 11.6 Å². The van der Waals surface area contributed by atoms with Crippen LogP contribution in [-0.4, -0.2) is 15.9 Å². The first kappa shape index (κ1) is 18.8. The number of carbonyl (C=O) groups excluding carboxylic acids is 1. The lowest BCUT2D eigenvalue weighted by Crippen LogP contribution is -2.16. The van der Waals surface area contributed by atoms with Crippen molar-refractivity contribution in [2.75, 3.05) is 10.6 Å². The highest BCUT2D eigenvalue weighted by Gasteiger charge is 2.13. The van der Waals surface area contributed by atoms with E-state index < -0.39 is 0 Å². The molecule has 2 N–H and O–H groups in total. The highest BCUT2D eigenvalue weighted by Crippen LogP contribution is 2.27. The smallest absolute Gasteiger partial charge is 0.274 e. The topological polar surface area (TPSA) is 66.9 Å². The SMILES string of the molecule is Cc1cc(C)c(NC(=O)c2ccnc(NCc3ccc(F)cc3)n2)c(Cl)c1. The summed E-state index contributed by atoms with van der Waals surface area (Å²) < 4.78 is 13.0. The number of anilines is 2. The molecule has 0 fully saturated rings. The van der Waals surface area contributed by atoms with E-state index in [1.165, 1.54) is 24.4 Å². The minimum absolute atomic E-state index is 0.211. The Morgan fingerprint density at radius 2 is 1.89 bits per heavy atom. The van der Waals surface area contributed by atoms with Gasteiger partial charge in [0.25, 0.3) is 5.91 Å². The molecule has 0 aliphatic heterocycles. The van der Waals surface area contributed by atoms with Crippen molar-refractivity contribution in [1.29, 1.82) is 0 Å². The number of amides is 1. The molecule has 2 aromatic carbocycles. The van der Waals surface area contributed by atoms with Gasteiger partial charge in [0, 0.05) is 12.7 Å². The summed E-state index contributed by atoms with van der Waals surface area (Å²) in [5.41, 5.74) is 3.54. The minimum Gasteiger partial charge on any atom is -0.350 e. The monoisotopic (exact) mass is 384 g/mol. The Kier molecular flexibility index (Phi) is 5.66. The van der Waals surface area contributed by atoms with Gasteiger partial charge in [-0.3, -0.25) is 4.79 Å². The molecule has 0 saturated heterocycles. The van der Waals surface area contributed by atoms with Crippen LogP contribution >= 0.6 is 11.6 Å². The number of rotatable bonds is 5. The van der Waals surface area contributed by atoms with Crippen molar-refractivity contribution in [3.05, 3.63) is 81.9 Å². The maximum Gasteiger partial charge on any atom is 0.274 e. The number of nitrogens with zero attached hydrogens (tertiary/aromatic N) is 2. The van der Waals surface area contributed by atoms with E-state index in [-0.39, 0.29) is 17.4 Å². The van der Waals surface area contributed by atoms with Crippen LogP contribution in [0.2, 0.25) is 5.02 Å². The highest BCUT2D eigenvalue weighted by molar-refractivity contribution is 6.34. The number of hydrogen-bond donors (Lipinski definition) is 2. The summed E-state index contributed by atoms with van der Waals surface area (Å²) in [6.07, 6.45) is 1.50. The first-order chi connectivity index (χ1) is 12.9. The van der Waals surface area contributed by atoms with Gasteiger partial charge in [-0.05, 0) is 54.8 Å². The number of carbonyl (C=O) groups is 1. The molecular weight excluding hydrogens is 367 g/mol. The number of halogens is 2. The molecule has 1 heterocycles. The van der Waals surface area contributed by atoms with Crippen molar-refractivity contribution in [3.63, 3.8) is 0 Å². The average molecular weight is 385 g/mol. The molecule has 5 nitrogen and oxygen atoms in total. The number of aromatic nitrogens is 2. The van der Waals surface area contributed by atoms with Crippen LogP contribution in [-0.2, 0) is 6.54 Å². The fraction of sp³-hybridized carbons (Fsp3) is 0.150. The van der Waals surface area contributed by atoms with Crippen molar-refractivity contribution in [1.82, 2.24) is 9.97 Å². The van der Waals surface area contributed by atoms with E-state index in [0.29, 0.717) is 23.2 Å². The molecule has 0 radical (unpaired) electrons. The highest BCUT2D eigenvalue weighted by atomic mass is 35.5. The molecule has 0 bridgehead atoms. The van der Waals surface area contributed by atoms with E-state index in [1.54, 1.807) is 18.2 Å². The Bertz CT molecular complexity index is 953. The fourth-order valence-corrected chi connectivity index (χ4v) is 2.97. The summed E-state index contributed by atoms with van der Waals surface area (Å²) in [7, 11) is 0. The summed E-state index contributed by atoms with van der Waals surface area (Å²) in [5, 5.41) is 6.29. The van der Waals surface area contributed by atoms with Crippen LogP contribution < -0.4 is 10.6 Å². The number of nitrogens with one attached hydrogen (secondary N) is 2. The fourth-order valence-electron chi connectivity index (χ4n) is 2.61. The average Bonchev–Trinajstić information content (AvgIpc) is 2.64. The Morgan fingerprint density at radius 3 is 2.59 bits per heavy atom. The van der Waals surface area contributed by atoms with Gasteiger partial charge in [-0.2, -0.15) is 0 Å². The summed E-state index contributed by atoms with van der Waals surface area (Å²) in [4.78, 5) is 20.9. The van der Waals surface area contributed by atoms with Crippen LogP contribution in [0.25, 0.3) is 0 Å². The van der Waals surface area contributed by atoms with Crippen LogP contribution in [0.15, 0.2) is 48.7 Å². The van der Waals surface area contributed by atoms with E-state index >= 15 is 0 Å². The number of aryl methyl sites for hydroxylation is 2.